The van der Waals surface area contributed by atoms with E-state index in [1.165, 1.54) is 23.5 Å². The Morgan fingerprint density at radius 2 is 1.65 bits per heavy atom. The highest BCUT2D eigenvalue weighted by Gasteiger charge is 2.31. The van der Waals surface area contributed by atoms with Crippen molar-refractivity contribution in [1.82, 2.24) is 4.57 Å². The van der Waals surface area contributed by atoms with Crippen molar-refractivity contribution in [2.45, 2.75) is 13.3 Å². The van der Waals surface area contributed by atoms with Crippen LogP contribution in [-0.2, 0) is 0 Å². The fraction of sp³-hybridized carbons (Fsp3) is 0.0870. The second kappa shape index (κ2) is 8.31. The van der Waals surface area contributed by atoms with Crippen LogP contribution in [0.4, 0.5) is 18.9 Å². The van der Waals surface area contributed by atoms with Crippen LogP contribution in [-0.4, -0.2) is 16.8 Å². The highest BCUT2D eigenvalue weighted by molar-refractivity contribution is 7.13. The van der Waals surface area contributed by atoms with Gasteiger partial charge in [-0.2, -0.15) is 0 Å². The summed E-state index contributed by atoms with van der Waals surface area (Å²) < 4.78 is 42.7. The molecule has 0 unspecified atom stereocenters. The number of nitrogens with one attached hydrogen (secondary N) is 1. The predicted octanol–water partition coefficient (Wildman–Crippen LogP) is 6.67. The number of amides is 1. The van der Waals surface area contributed by atoms with E-state index in [1.807, 2.05) is 65.7 Å². The highest BCUT2D eigenvalue weighted by atomic mass is 32.1. The van der Waals surface area contributed by atoms with Gasteiger partial charge in [-0.3, -0.25) is 4.79 Å². The van der Waals surface area contributed by atoms with Crippen molar-refractivity contribution >= 4 is 22.9 Å². The minimum atomic E-state index is -4.76. The fourth-order valence-electron chi connectivity index (χ4n) is 3.12. The molecule has 1 amide bonds. The van der Waals surface area contributed by atoms with Gasteiger partial charge in [0.05, 0.1) is 5.69 Å². The first-order chi connectivity index (χ1) is 14.8. The van der Waals surface area contributed by atoms with Gasteiger partial charge < -0.3 is 14.6 Å². The Kier molecular flexibility index (Phi) is 5.56. The first-order valence-electron chi connectivity index (χ1n) is 9.29. The third-order valence-corrected chi connectivity index (χ3v) is 5.51. The van der Waals surface area contributed by atoms with Crippen molar-refractivity contribution < 1.29 is 22.7 Å². The van der Waals surface area contributed by atoms with E-state index in [-0.39, 0.29) is 11.7 Å². The number of anilines is 1. The number of rotatable bonds is 5. The van der Waals surface area contributed by atoms with E-state index in [0.717, 1.165) is 34.5 Å². The largest absolute Gasteiger partial charge is 0.573 e. The molecule has 0 aliphatic carbocycles. The maximum Gasteiger partial charge on any atom is 0.573 e. The Morgan fingerprint density at radius 1 is 1.00 bits per heavy atom. The van der Waals surface area contributed by atoms with Crippen molar-refractivity contribution in [2.24, 2.45) is 0 Å². The van der Waals surface area contributed by atoms with E-state index in [0.29, 0.717) is 10.6 Å². The maximum absolute atomic E-state index is 13.0. The molecule has 158 valence electrons. The number of hydrogen-bond donors (Lipinski definition) is 1. The number of halogens is 3. The lowest BCUT2D eigenvalue weighted by molar-refractivity contribution is -0.274. The molecule has 0 radical (unpaired) electrons. The second-order valence-electron chi connectivity index (χ2n) is 6.81. The Morgan fingerprint density at radius 3 is 2.26 bits per heavy atom. The number of thiophene rings is 1. The average molecular weight is 442 g/mol. The molecule has 8 heteroatoms. The van der Waals surface area contributed by atoms with Gasteiger partial charge >= 0.3 is 6.36 Å². The number of aryl methyl sites for hydroxylation is 1. The van der Waals surface area contributed by atoms with Gasteiger partial charge in [-0.25, -0.2) is 0 Å². The Bertz CT molecular complexity index is 1180. The summed E-state index contributed by atoms with van der Waals surface area (Å²) in [5, 5.41) is 4.67. The lowest BCUT2D eigenvalue weighted by Crippen LogP contribution is -2.17. The molecule has 0 bridgehead atoms. The summed E-state index contributed by atoms with van der Waals surface area (Å²) in [5.74, 6) is -0.701. The van der Waals surface area contributed by atoms with Crippen molar-refractivity contribution in [1.29, 1.82) is 0 Å². The minimum Gasteiger partial charge on any atom is -0.406 e. The first kappa shape index (κ1) is 20.7. The van der Waals surface area contributed by atoms with Gasteiger partial charge in [0.1, 0.15) is 10.6 Å². The number of carbonyl (C=O) groups excluding carboxylic acids is 1. The second-order valence-corrected chi connectivity index (χ2v) is 7.69. The van der Waals surface area contributed by atoms with E-state index < -0.39 is 6.36 Å². The van der Waals surface area contributed by atoms with Crippen LogP contribution in [0.3, 0.4) is 0 Å². The highest BCUT2D eigenvalue weighted by Crippen LogP contribution is 2.35. The minimum absolute atomic E-state index is 0.350. The molecule has 0 aliphatic rings. The smallest absolute Gasteiger partial charge is 0.406 e. The zero-order valence-electron chi connectivity index (χ0n) is 16.3. The molecule has 0 atom stereocenters. The number of alkyl halides is 3. The Balaban J connectivity index is 1.63. The van der Waals surface area contributed by atoms with Gasteiger partial charge in [0.2, 0.25) is 0 Å². The standard InChI is InChI=1S/C23H17F3N2O2S/c1-15-4-6-16(7-5-15)19-14-31-21(20(19)28-12-2-3-13-28)22(29)27-17-8-10-18(11-9-17)30-23(24,25)26/h2-14H,1H3,(H,27,29). The SMILES string of the molecule is Cc1ccc(-c2csc(C(=O)Nc3ccc(OC(F)(F)F)cc3)c2-n2cccc2)cc1. The van der Waals surface area contributed by atoms with E-state index in [2.05, 4.69) is 10.1 Å². The topological polar surface area (TPSA) is 43.3 Å². The van der Waals surface area contributed by atoms with Crippen LogP contribution in [0.1, 0.15) is 15.2 Å². The number of hydrogen-bond acceptors (Lipinski definition) is 3. The molecule has 0 aliphatic heterocycles. The van der Waals surface area contributed by atoms with Crippen LogP contribution in [0.5, 0.6) is 5.75 Å². The first-order valence-corrected chi connectivity index (χ1v) is 10.2. The summed E-state index contributed by atoms with van der Waals surface area (Å²) in [6, 6.07) is 16.8. The number of nitrogens with zero attached hydrogens (tertiary/aromatic N) is 1. The van der Waals surface area contributed by atoms with Crippen LogP contribution in [0.25, 0.3) is 16.8 Å². The molecule has 0 saturated heterocycles. The van der Waals surface area contributed by atoms with Crippen molar-refractivity contribution in [3.63, 3.8) is 0 Å². The van der Waals surface area contributed by atoms with Gasteiger partial charge in [0, 0.05) is 29.0 Å². The molecule has 1 N–H and O–H groups in total. The predicted molar refractivity (Wildman–Crippen MR) is 115 cm³/mol. The molecule has 4 nitrogen and oxygen atoms in total. The summed E-state index contributed by atoms with van der Waals surface area (Å²) in [5.41, 5.74) is 4.15. The van der Waals surface area contributed by atoms with Crippen LogP contribution >= 0.6 is 11.3 Å². The third kappa shape index (κ3) is 4.80. The fourth-order valence-corrected chi connectivity index (χ4v) is 4.09. The van der Waals surface area contributed by atoms with Crippen molar-refractivity contribution in [2.75, 3.05) is 5.32 Å². The summed E-state index contributed by atoms with van der Waals surface area (Å²) in [6.45, 7) is 2.01. The van der Waals surface area contributed by atoms with Gasteiger partial charge in [-0.1, -0.05) is 29.8 Å². The molecule has 0 fully saturated rings. The van der Waals surface area contributed by atoms with E-state index in [9.17, 15) is 18.0 Å². The van der Waals surface area contributed by atoms with E-state index in [4.69, 9.17) is 0 Å². The molecule has 4 rings (SSSR count). The van der Waals surface area contributed by atoms with Crippen molar-refractivity contribution in [3.8, 4) is 22.6 Å². The van der Waals surface area contributed by atoms with Gasteiger partial charge in [0.15, 0.2) is 0 Å². The van der Waals surface area contributed by atoms with Crippen LogP contribution in [0.2, 0.25) is 0 Å². The zero-order chi connectivity index (χ0) is 22.0. The lowest BCUT2D eigenvalue weighted by Gasteiger charge is -2.11. The molecule has 0 saturated carbocycles. The number of ether oxygens (including phenoxy) is 1. The molecule has 31 heavy (non-hydrogen) atoms. The molecular formula is C23H17F3N2O2S. The normalized spacial score (nSPS) is 11.4. The zero-order valence-corrected chi connectivity index (χ0v) is 17.1. The molecule has 4 aromatic rings. The third-order valence-electron chi connectivity index (χ3n) is 4.54. The average Bonchev–Trinajstić information content (AvgIpc) is 3.38. The summed E-state index contributed by atoms with van der Waals surface area (Å²) >= 11 is 1.31. The monoisotopic (exact) mass is 442 g/mol. The van der Waals surface area contributed by atoms with Crippen LogP contribution in [0, 0.1) is 6.92 Å². The maximum atomic E-state index is 13.0. The molecule has 2 aromatic heterocycles. The van der Waals surface area contributed by atoms with Crippen LogP contribution in [0.15, 0.2) is 78.4 Å². The lowest BCUT2D eigenvalue weighted by atomic mass is 10.0. The molecule has 0 spiro atoms. The Labute approximate surface area is 180 Å². The quantitative estimate of drug-likeness (QED) is 0.375. The summed E-state index contributed by atoms with van der Waals surface area (Å²) in [7, 11) is 0. The van der Waals surface area contributed by atoms with Gasteiger partial charge in [-0.15, -0.1) is 24.5 Å². The van der Waals surface area contributed by atoms with Gasteiger partial charge in [-0.05, 0) is 48.9 Å². The van der Waals surface area contributed by atoms with Crippen LogP contribution < -0.4 is 10.1 Å². The molecule has 2 aromatic carbocycles. The summed E-state index contributed by atoms with van der Waals surface area (Å²) in [6.07, 6.45) is -1.04. The summed E-state index contributed by atoms with van der Waals surface area (Å²) in [4.78, 5) is 13.5. The van der Waals surface area contributed by atoms with Crippen molar-refractivity contribution in [3.05, 3.63) is 88.9 Å². The number of carbonyl (C=O) groups is 1. The number of aromatic nitrogens is 1. The van der Waals surface area contributed by atoms with Gasteiger partial charge in [0.25, 0.3) is 5.91 Å². The number of benzene rings is 2. The van der Waals surface area contributed by atoms with E-state index in [1.54, 1.807) is 0 Å². The molecule has 2 heterocycles. The molecular weight excluding hydrogens is 425 g/mol. The van der Waals surface area contributed by atoms with E-state index >= 15 is 0 Å². The Hall–Kier alpha value is -3.52.